The van der Waals surface area contributed by atoms with Crippen LogP contribution in [0.25, 0.3) is 0 Å². The van der Waals surface area contributed by atoms with Crippen LogP contribution < -0.4 is 4.90 Å². The summed E-state index contributed by atoms with van der Waals surface area (Å²) >= 11 is 7.97. The Kier molecular flexibility index (Phi) is 3.98. The maximum atomic E-state index is 9.09. The van der Waals surface area contributed by atoms with Crippen molar-refractivity contribution in [2.75, 3.05) is 29.5 Å². The minimum atomic E-state index is 0.700. The Morgan fingerprint density at radius 2 is 2.19 bits per heavy atom. The van der Waals surface area contributed by atoms with Crippen LogP contribution in [-0.4, -0.2) is 24.6 Å². The van der Waals surface area contributed by atoms with Crippen LogP contribution in [0.15, 0.2) is 18.2 Å². The van der Waals surface area contributed by atoms with E-state index in [1.807, 2.05) is 17.8 Å². The quantitative estimate of drug-likeness (QED) is 0.768. The highest BCUT2D eigenvalue weighted by Gasteiger charge is 2.13. The van der Waals surface area contributed by atoms with Gasteiger partial charge in [0.2, 0.25) is 0 Å². The molecule has 1 aliphatic heterocycles. The lowest BCUT2D eigenvalue weighted by Gasteiger charge is -2.23. The number of thioether (sulfide) groups is 1. The molecule has 2 nitrogen and oxygen atoms in total. The summed E-state index contributed by atoms with van der Waals surface area (Å²) < 4.78 is 0. The van der Waals surface area contributed by atoms with Crippen molar-refractivity contribution in [3.8, 4) is 6.07 Å². The molecule has 0 atom stereocenters. The van der Waals surface area contributed by atoms with Crippen molar-refractivity contribution >= 4 is 29.1 Å². The number of hydrogen-bond acceptors (Lipinski definition) is 3. The van der Waals surface area contributed by atoms with E-state index in [9.17, 15) is 0 Å². The minimum absolute atomic E-state index is 0.700. The van der Waals surface area contributed by atoms with Crippen LogP contribution in [0.4, 0.5) is 5.69 Å². The fraction of sp³-hybridized carbons (Fsp3) is 0.417. The van der Waals surface area contributed by atoms with E-state index in [1.165, 1.54) is 12.2 Å². The normalized spacial score (nSPS) is 16.6. The van der Waals surface area contributed by atoms with Gasteiger partial charge in [-0.3, -0.25) is 0 Å². The summed E-state index contributed by atoms with van der Waals surface area (Å²) in [6.07, 6.45) is 1.17. The molecule has 4 heteroatoms. The predicted molar refractivity (Wildman–Crippen MR) is 70.3 cm³/mol. The molecular formula is C12H13ClN2S. The third-order valence-corrected chi connectivity index (χ3v) is 3.93. The Labute approximate surface area is 105 Å². The van der Waals surface area contributed by atoms with Crippen LogP contribution in [-0.2, 0) is 0 Å². The van der Waals surface area contributed by atoms with E-state index < -0.39 is 0 Å². The number of halogens is 1. The monoisotopic (exact) mass is 252 g/mol. The first-order valence-corrected chi connectivity index (χ1v) is 6.87. The van der Waals surface area contributed by atoms with E-state index in [4.69, 9.17) is 16.9 Å². The number of rotatable bonds is 1. The molecule has 84 valence electrons. The largest absolute Gasteiger partial charge is 0.370 e. The molecule has 0 saturated carbocycles. The smallest absolute Gasteiger partial charge is 0.101 e. The van der Waals surface area contributed by atoms with Gasteiger partial charge in [-0.15, -0.1) is 0 Å². The molecule has 0 bridgehead atoms. The second-order valence-electron chi connectivity index (χ2n) is 3.73. The molecule has 0 aliphatic carbocycles. The number of benzene rings is 1. The van der Waals surface area contributed by atoms with Gasteiger partial charge in [-0.25, -0.2) is 0 Å². The summed E-state index contributed by atoms with van der Waals surface area (Å²) in [4.78, 5) is 2.27. The van der Waals surface area contributed by atoms with Crippen molar-refractivity contribution in [2.24, 2.45) is 0 Å². The van der Waals surface area contributed by atoms with E-state index in [0.717, 1.165) is 30.1 Å². The molecule has 1 aliphatic rings. The number of nitriles is 1. The van der Waals surface area contributed by atoms with Gasteiger partial charge < -0.3 is 4.90 Å². The van der Waals surface area contributed by atoms with E-state index in [1.54, 1.807) is 12.1 Å². The standard InChI is InChI=1S/C12H13ClN2S/c13-11-3-2-10(9-14)12(8-11)15-4-1-6-16-7-5-15/h2-3,8H,1,4-7H2. The van der Waals surface area contributed by atoms with Gasteiger partial charge in [-0.05, 0) is 30.4 Å². The van der Waals surface area contributed by atoms with Gasteiger partial charge in [-0.1, -0.05) is 11.6 Å². The first-order valence-electron chi connectivity index (χ1n) is 5.33. The molecule has 1 saturated heterocycles. The number of nitrogens with zero attached hydrogens (tertiary/aromatic N) is 2. The molecule has 1 aromatic carbocycles. The zero-order valence-electron chi connectivity index (χ0n) is 8.95. The summed E-state index contributed by atoms with van der Waals surface area (Å²) in [5.41, 5.74) is 1.70. The van der Waals surface area contributed by atoms with E-state index >= 15 is 0 Å². The van der Waals surface area contributed by atoms with Crippen molar-refractivity contribution < 1.29 is 0 Å². The third-order valence-electron chi connectivity index (χ3n) is 2.64. The van der Waals surface area contributed by atoms with Gasteiger partial charge in [0.15, 0.2) is 0 Å². The third kappa shape index (κ3) is 2.63. The fourth-order valence-electron chi connectivity index (χ4n) is 1.85. The summed E-state index contributed by atoms with van der Waals surface area (Å²) in [6, 6.07) is 7.71. The van der Waals surface area contributed by atoms with Crippen LogP contribution in [0.5, 0.6) is 0 Å². The molecule has 0 unspecified atom stereocenters. The van der Waals surface area contributed by atoms with Crippen molar-refractivity contribution in [2.45, 2.75) is 6.42 Å². The molecular weight excluding hydrogens is 240 g/mol. The topological polar surface area (TPSA) is 27.0 Å². The van der Waals surface area contributed by atoms with Crippen LogP contribution >= 0.6 is 23.4 Å². The summed E-state index contributed by atoms with van der Waals surface area (Å²) in [5, 5.41) is 9.79. The maximum absolute atomic E-state index is 9.09. The summed E-state index contributed by atoms with van der Waals surface area (Å²) in [6.45, 7) is 2.02. The Balaban J connectivity index is 2.30. The maximum Gasteiger partial charge on any atom is 0.101 e. The zero-order chi connectivity index (χ0) is 11.4. The molecule has 0 aromatic heterocycles. The second kappa shape index (κ2) is 5.47. The van der Waals surface area contributed by atoms with Crippen molar-refractivity contribution in [3.63, 3.8) is 0 Å². The molecule has 1 heterocycles. The molecule has 16 heavy (non-hydrogen) atoms. The van der Waals surface area contributed by atoms with E-state index in [0.29, 0.717) is 5.02 Å². The minimum Gasteiger partial charge on any atom is -0.370 e. The Morgan fingerprint density at radius 1 is 1.31 bits per heavy atom. The average molecular weight is 253 g/mol. The highest BCUT2D eigenvalue weighted by Crippen LogP contribution is 2.26. The highest BCUT2D eigenvalue weighted by atomic mass is 35.5. The molecule has 1 fully saturated rings. The van der Waals surface area contributed by atoms with Crippen molar-refractivity contribution in [1.29, 1.82) is 5.26 Å². The van der Waals surface area contributed by atoms with Gasteiger partial charge in [-0.2, -0.15) is 17.0 Å². The Hall–Kier alpha value is -0.850. The lowest BCUT2D eigenvalue weighted by atomic mass is 10.1. The molecule has 2 rings (SSSR count). The van der Waals surface area contributed by atoms with Crippen LogP contribution in [0, 0.1) is 11.3 Å². The molecule has 1 aromatic rings. The van der Waals surface area contributed by atoms with Crippen molar-refractivity contribution in [1.82, 2.24) is 0 Å². The van der Waals surface area contributed by atoms with Gasteiger partial charge in [0.05, 0.1) is 11.3 Å². The summed E-state index contributed by atoms with van der Waals surface area (Å²) in [5.74, 6) is 2.33. The van der Waals surface area contributed by atoms with Crippen LogP contribution in [0.1, 0.15) is 12.0 Å². The van der Waals surface area contributed by atoms with Gasteiger partial charge in [0.25, 0.3) is 0 Å². The number of anilines is 1. The van der Waals surface area contributed by atoms with Crippen molar-refractivity contribution in [3.05, 3.63) is 28.8 Å². The predicted octanol–water partition coefficient (Wildman–Crippen LogP) is 3.15. The lowest BCUT2D eigenvalue weighted by Crippen LogP contribution is -2.26. The molecule has 0 N–H and O–H groups in total. The lowest BCUT2D eigenvalue weighted by molar-refractivity contribution is 0.815. The average Bonchev–Trinajstić information content (AvgIpc) is 2.57. The fourth-order valence-corrected chi connectivity index (χ4v) is 2.90. The van der Waals surface area contributed by atoms with Crippen LogP contribution in [0.3, 0.4) is 0 Å². The Bertz CT molecular complexity index is 406. The first-order chi connectivity index (χ1) is 7.81. The molecule has 0 spiro atoms. The first kappa shape index (κ1) is 11.6. The molecule has 0 radical (unpaired) electrons. The van der Waals surface area contributed by atoms with Gasteiger partial charge in [0, 0.05) is 23.9 Å². The van der Waals surface area contributed by atoms with Crippen LogP contribution in [0.2, 0.25) is 5.02 Å². The summed E-state index contributed by atoms with van der Waals surface area (Å²) in [7, 11) is 0. The van der Waals surface area contributed by atoms with Gasteiger partial charge >= 0.3 is 0 Å². The highest BCUT2D eigenvalue weighted by molar-refractivity contribution is 7.99. The zero-order valence-corrected chi connectivity index (χ0v) is 10.5. The molecule has 0 amide bonds. The van der Waals surface area contributed by atoms with E-state index in [-0.39, 0.29) is 0 Å². The Morgan fingerprint density at radius 3 is 3.00 bits per heavy atom. The number of hydrogen-bond donors (Lipinski definition) is 0. The van der Waals surface area contributed by atoms with Gasteiger partial charge in [0.1, 0.15) is 6.07 Å². The second-order valence-corrected chi connectivity index (χ2v) is 5.39. The SMILES string of the molecule is N#Cc1ccc(Cl)cc1N1CCCSCC1. The van der Waals surface area contributed by atoms with E-state index in [2.05, 4.69) is 11.0 Å².